The summed E-state index contributed by atoms with van der Waals surface area (Å²) in [5.74, 6) is 0.660. The summed E-state index contributed by atoms with van der Waals surface area (Å²) >= 11 is 0. The lowest BCUT2D eigenvalue weighted by atomic mass is 10.1. The Hall–Kier alpha value is -2.63. The highest BCUT2D eigenvalue weighted by Crippen LogP contribution is 2.23. The lowest BCUT2D eigenvalue weighted by molar-refractivity contribution is 0.247. The molecule has 0 aliphatic carbocycles. The standard InChI is InChI=1S/C14H14N5O/c1-3-9-4-5-12-11(8-9)16-13(18(12)2)10-6-7-19(17-10)14(15)20/h4-5,7-8H,3H2,1-2H3,(H2,15,20). The van der Waals surface area contributed by atoms with Crippen LogP contribution in [0, 0.1) is 6.07 Å². The van der Waals surface area contributed by atoms with Crippen molar-refractivity contribution in [3.05, 3.63) is 36.0 Å². The Kier molecular flexibility index (Phi) is 2.78. The van der Waals surface area contributed by atoms with Gasteiger partial charge < -0.3 is 10.3 Å². The molecule has 20 heavy (non-hydrogen) atoms. The van der Waals surface area contributed by atoms with Crippen LogP contribution in [0.1, 0.15) is 12.5 Å². The van der Waals surface area contributed by atoms with Gasteiger partial charge in [0.1, 0.15) is 5.69 Å². The molecule has 6 heteroatoms. The number of aromatic nitrogens is 4. The second-order valence-electron chi connectivity index (χ2n) is 4.58. The van der Waals surface area contributed by atoms with Gasteiger partial charge in [-0.05, 0) is 24.1 Å². The maximum absolute atomic E-state index is 11.1. The van der Waals surface area contributed by atoms with Crippen LogP contribution in [-0.4, -0.2) is 25.4 Å². The molecule has 6 nitrogen and oxygen atoms in total. The number of aryl methyl sites for hydroxylation is 2. The molecule has 0 unspecified atom stereocenters. The van der Waals surface area contributed by atoms with Gasteiger partial charge in [0.15, 0.2) is 5.82 Å². The van der Waals surface area contributed by atoms with E-state index in [4.69, 9.17) is 5.73 Å². The zero-order valence-corrected chi connectivity index (χ0v) is 11.3. The molecule has 3 rings (SSSR count). The molecule has 3 aromatic rings. The fourth-order valence-electron chi connectivity index (χ4n) is 2.19. The molecule has 2 N–H and O–H groups in total. The van der Waals surface area contributed by atoms with Crippen molar-refractivity contribution in [3.8, 4) is 11.5 Å². The van der Waals surface area contributed by atoms with Gasteiger partial charge in [-0.1, -0.05) is 13.0 Å². The highest BCUT2D eigenvalue weighted by Gasteiger charge is 2.14. The van der Waals surface area contributed by atoms with Crippen LogP contribution < -0.4 is 5.73 Å². The number of nitrogens with two attached hydrogens (primary N) is 1. The first-order valence-corrected chi connectivity index (χ1v) is 6.33. The van der Waals surface area contributed by atoms with Crippen LogP contribution >= 0.6 is 0 Å². The van der Waals surface area contributed by atoms with Crippen LogP contribution in [0.5, 0.6) is 0 Å². The van der Waals surface area contributed by atoms with Crippen LogP contribution in [0.4, 0.5) is 4.79 Å². The van der Waals surface area contributed by atoms with E-state index >= 15 is 0 Å². The van der Waals surface area contributed by atoms with E-state index in [9.17, 15) is 4.79 Å². The van der Waals surface area contributed by atoms with E-state index < -0.39 is 6.03 Å². The smallest absolute Gasteiger partial charge is 0.339 e. The quantitative estimate of drug-likeness (QED) is 0.768. The van der Waals surface area contributed by atoms with Crippen molar-refractivity contribution in [2.45, 2.75) is 13.3 Å². The number of amides is 1. The number of fused-ring (bicyclic) bond motifs is 1. The topological polar surface area (TPSA) is 78.7 Å². The molecule has 0 saturated heterocycles. The Morgan fingerprint density at radius 1 is 1.45 bits per heavy atom. The average molecular weight is 268 g/mol. The van der Waals surface area contributed by atoms with Crippen molar-refractivity contribution in [3.63, 3.8) is 0 Å². The average Bonchev–Trinajstić information content (AvgIpc) is 3.03. The summed E-state index contributed by atoms with van der Waals surface area (Å²) in [5, 5.41) is 4.08. The first-order chi connectivity index (χ1) is 9.60. The number of rotatable bonds is 2. The van der Waals surface area contributed by atoms with Gasteiger partial charge in [-0.3, -0.25) is 0 Å². The van der Waals surface area contributed by atoms with Gasteiger partial charge in [-0.2, -0.15) is 9.78 Å². The molecule has 2 aromatic heterocycles. The lowest BCUT2D eigenvalue weighted by Crippen LogP contribution is -2.19. The van der Waals surface area contributed by atoms with E-state index in [1.807, 2.05) is 17.7 Å². The fraction of sp³-hybridized carbons (Fsp3) is 0.214. The maximum atomic E-state index is 11.1. The van der Waals surface area contributed by atoms with Crippen molar-refractivity contribution in [1.82, 2.24) is 19.3 Å². The zero-order chi connectivity index (χ0) is 14.3. The molecule has 0 aliphatic rings. The molecule has 0 bridgehead atoms. The minimum Gasteiger partial charge on any atom is -0.350 e. The van der Waals surface area contributed by atoms with Gasteiger partial charge >= 0.3 is 6.03 Å². The van der Waals surface area contributed by atoms with Gasteiger partial charge in [0.2, 0.25) is 0 Å². The number of hydrogen-bond donors (Lipinski definition) is 1. The highest BCUT2D eigenvalue weighted by molar-refractivity contribution is 5.81. The SMILES string of the molecule is CCc1ccc2c(c1)nc(-c1[c]cn(C(N)=O)n1)n2C. The number of benzene rings is 1. The summed E-state index contributed by atoms with van der Waals surface area (Å²) in [7, 11) is 1.91. The molecule has 2 heterocycles. The first kappa shape index (κ1) is 12.4. The van der Waals surface area contributed by atoms with Crippen molar-refractivity contribution in [1.29, 1.82) is 0 Å². The van der Waals surface area contributed by atoms with Crippen LogP contribution in [0.15, 0.2) is 24.4 Å². The van der Waals surface area contributed by atoms with Crippen molar-refractivity contribution >= 4 is 17.1 Å². The minimum atomic E-state index is -0.639. The number of carbonyl (C=O) groups is 1. The third kappa shape index (κ3) is 1.85. The number of nitrogens with zero attached hydrogens (tertiary/aromatic N) is 4. The summed E-state index contributed by atoms with van der Waals surface area (Å²) in [5.41, 5.74) is 8.82. The van der Waals surface area contributed by atoms with E-state index in [1.54, 1.807) is 0 Å². The molecule has 0 saturated carbocycles. The first-order valence-electron chi connectivity index (χ1n) is 6.33. The van der Waals surface area contributed by atoms with Gasteiger partial charge in [0.05, 0.1) is 11.0 Å². The van der Waals surface area contributed by atoms with Crippen molar-refractivity contribution < 1.29 is 4.79 Å². The van der Waals surface area contributed by atoms with Crippen LogP contribution in [0.25, 0.3) is 22.6 Å². The summed E-state index contributed by atoms with van der Waals surface area (Å²) < 4.78 is 2.98. The van der Waals surface area contributed by atoms with E-state index in [0.29, 0.717) is 11.5 Å². The second-order valence-corrected chi connectivity index (χ2v) is 4.58. The third-order valence-electron chi connectivity index (χ3n) is 3.32. The van der Waals surface area contributed by atoms with E-state index in [1.165, 1.54) is 11.8 Å². The van der Waals surface area contributed by atoms with Crippen LogP contribution in [0.2, 0.25) is 0 Å². The Morgan fingerprint density at radius 2 is 2.25 bits per heavy atom. The van der Waals surface area contributed by atoms with E-state index in [0.717, 1.165) is 22.1 Å². The minimum absolute atomic E-state index is 0.501. The Balaban J connectivity index is 2.15. The molecule has 0 spiro atoms. The second kappa shape index (κ2) is 4.48. The molecule has 101 valence electrons. The molecule has 1 radical (unpaired) electrons. The summed E-state index contributed by atoms with van der Waals surface area (Å²) in [6, 6.07) is 8.44. The van der Waals surface area contributed by atoms with Crippen molar-refractivity contribution in [2.75, 3.05) is 0 Å². The predicted molar refractivity (Wildman–Crippen MR) is 75.1 cm³/mol. The molecule has 1 aromatic carbocycles. The largest absolute Gasteiger partial charge is 0.350 e. The Labute approximate surface area is 115 Å². The Morgan fingerprint density at radius 3 is 2.90 bits per heavy atom. The molecule has 1 amide bonds. The van der Waals surface area contributed by atoms with E-state index in [-0.39, 0.29) is 0 Å². The molecular weight excluding hydrogens is 254 g/mol. The normalized spacial score (nSPS) is 11.1. The van der Waals surface area contributed by atoms with Crippen LogP contribution in [0.3, 0.4) is 0 Å². The summed E-state index contributed by atoms with van der Waals surface area (Å²) in [6.45, 7) is 2.10. The summed E-state index contributed by atoms with van der Waals surface area (Å²) in [4.78, 5) is 15.6. The molecule has 0 atom stereocenters. The summed E-state index contributed by atoms with van der Waals surface area (Å²) in [6.07, 6.45) is 2.37. The van der Waals surface area contributed by atoms with Crippen molar-refractivity contribution in [2.24, 2.45) is 12.8 Å². The van der Waals surface area contributed by atoms with Crippen LogP contribution in [-0.2, 0) is 13.5 Å². The molecular formula is C14H14N5O. The number of primary amides is 1. The number of hydrogen-bond acceptors (Lipinski definition) is 3. The van der Waals surface area contributed by atoms with Gasteiger partial charge in [0, 0.05) is 19.3 Å². The maximum Gasteiger partial charge on any atom is 0.339 e. The molecule has 0 fully saturated rings. The monoisotopic (exact) mass is 268 g/mol. The predicted octanol–water partition coefficient (Wildman–Crippen LogP) is 1.73. The van der Waals surface area contributed by atoms with E-state index in [2.05, 4.69) is 35.2 Å². The Bertz CT molecular complexity index is 799. The molecule has 0 aliphatic heterocycles. The lowest BCUT2D eigenvalue weighted by Gasteiger charge is -1.99. The fourth-order valence-corrected chi connectivity index (χ4v) is 2.19. The number of carbonyl (C=O) groups excluding carboxylic acids is 1. The van der Waals surface area contributed by atoms with Gasteiger partial charge in [-0.15, -0.1) is 0 Å². The zero-order valence-electron chi connectivity index (χ0n) is 11.3. The van der Waals surface area contributed by atoms with Gasteiger partial charge in [-0.25, -0.2) is 9.78 Å². The highest BCUT2D eigenvalue weighted by atomic mass is 16.2. The number of imidazole rings is 1. The third-order valence-corrected chi connectivity index (χ3v) is 3.32. The van der Waals surface area contributed by atoms with Gasteiger partial charge in [0.25, 0.3) is 0 Å².